The summed E-state index contributed by atoms with van der Waals surface area (Å²) < 4.78 is 5.90. The molecular weight excluding hydrogens is 638 g/mol. The van der Waals surface area contributed by atoms with Gasteiger partial charge in [0.2, 0.25) is 11.8 Å². The van der Waals surface area contributed by atoms with E-state index in [1.165, 1.54) is 0 Å². The molecule has 0 fully saturated rings. The van der Waals surface area contributed by atoms with E-state index in [9.17, 15) is 9.59 Å². The number of imidazole rings is 2. The number of carbonyl (C=O) groups is 2. The number of carbonyl (C=O) groups excluding carboxylic acids is 2. The number of aromatic nitrogens is 5. The van der Waals surface area contributed by atoms with E-state index in [4.69, 9.17) is 9.40 Å². The number of furan rings is 1. The van der Waals surface area contributed by atoms with Crippen molar-refractivity contribution < 1.29 is 14.0 Å². The fourth-order valence-electron chi connectivity index (χ4n) is 7.37. The molecule has 8 aromatic rings. The maximum atomic E-state index is 12.0. The van der Waals surface area contributed by atoms with Crippen LogP contribution in [0.4, 0.5) is 11.4 Å². The normalized spacial score (nSPS) is 16.0. The number of fused-ring (bicyclic) bond motifs is 6. The van der Waals surface area contributed by atoms with Crippen molar-refractivity contribution in [2.24, 2.45) is 0 Å². The van der Waals surface area contributed by atoms with Crippen LogP contribution >= 0.6 is 0 Å². The zero-order chi connectivity index (χ0) is 35.1. The van der Waals surface area contributed by atoms with Gasteiger partial charge in [-0.2, -0.15) is 0 Å². The number of amides is 2. The van der Waals surface area contributed by atoms with Crippen LogP contribution in [0.1, 0.15) is 51.7 Å². The van der Waals surface area contributed by atoms with Crippen LogP contribution in [0, 0.1) is 0 Å². The summed E-state index contributed by atoms with van der Waals surface area (Å²) in [5.41, 5.74) is 9.88. The van der Waals surface area contributed by atoms with Crippen molar-refractivity contribution in [3.05, 3.63) is 102 Å². The molecule has 10 rings (SSSR count). The highest BCUT2D eigenvalue weighted by Crippen LogP contribution is 2.41. The Bertz CT molecular complexity index is 2680. The predicted octanol–water partition coefficient (Wildman–Crippen LogP) is 8.99. The lowest BCUT2D eigenvalue weighted by atomic mass is 9.78. The molecule has 0 aliphatic carbocycles. The first kappa shape index (κ1) is 30.7. The van der Waals surface area contributed by atoms with Crippen molar-refractivity contribution in [2.45, 2.75) is 51.4 Å². The van der Waals surface area contributed by atoms with Crippen molar-refractivity contribution in [3.8, 4) is 23.0 Å². The fourth-order valence-corrected chi connectivity index (χ4v) is 7.37. The van der Waals surface area contributed by atoms with Gasteiger partial charge in [-0.05, 0) is 59.7 Å². The van der Waals surface area contributed by atoms with Crippen LogP contribution in [0.25, 0.3) is 66.9 Å². The van der Waals surface area contributed by atoms with E-state index in [2.05, 4.69) is 76.5 Å². The average molecular weight is 674 g/mol. The zero-order valence-corrected chi connectivity index (χ0v) is 28.6. The molecule has 0 spiro atoms. The molecule has 0 radical (unpaired) electrons. The van der Waals surface area contributed by atoms with Crippen LogP contribution in [0.5, 0.6) is 0 Å². The molecular formula is C41H35N7O3. The summed E-state index contributed by atoms with van der Waals surface area (Å²) in [5, 5.41) is 8.07. The van der Waals surface area contributed by atoms with E-state index >= 15 is 0 Å². The number of hydrogen-bond donors (Lipinski definition) is 4. The highest BCUT2D eigenvalue weighted by molar-refractivity contribution is 6.00. The zero-order valence-electron chi connectivity index (χ0n) is 28.6. The number of nitrogens with one attached hydrogen (secondary N) is 4. The van der Waals surface area contributed by atoms with E-state index < -0.39 is 0 Å². The minimum absolute atomic E-state index is 0.0462. The average Bonchev–Trinajstić information content (AvgIpc) is 3.82. The van der Waals surface area contributed by atoms with Crippen molar-refractivity contribution in [1.82, 2.24) is 24.9 Å². The van der Waals surface area contributed by atoms with Gasteiger partial charge in [-0.3, -0.25) is 14.6 Å². The smallest absolute Gasteiger partial charge is 0.225 e. The van der Waals surface area contributed by atoms with Crippen LogP contribution in [-0.2, 0) is 20.4 Å². The highest BCUT2D eigenvalue weighted by atomic mass is 16.3. The molecule has 6 heterocycles. The van der Waals surface area contributed by atoms with E-state index in [0.717, 1.165) is 77.8 Å². The number of nitrogens with zero attached hydrogens (tertiary/aromatic N) is 3. The Morgan fingerprint density at radius 1 is 0.627 bits per heavy atom. The summed E-state index contributed by atoms with van der Waals surface area (Å²) in [6, 6.07) is 28.1. The molecule has 0 bridgehead atoms. The summed E-state index contributed by atoms with van der Waals surface area (Å²) in [5.74, 6) is 2.28. The number of rotatable bonds is 2. The van der Waals surface area contributed by atoms with Crippen molar-refractivity contribution in [1.29, 1.82) is 0 Å². The lowest BCUT2D eigenvalue weighted by Crippen LogP contribution is -2.32. The first-order valence-corrected chi connectivity index (χ1v) is 17.0. The lowest BCUT2D eigenvalue weighted by molar-refractivity contribution is -0.118. The van der Waals surface area contributed by atoms with Crippen molar-refractivity contribution >= 4 is 67.1 Å². The van der Waals surface area contributed by atoms with E-state index in [1.54, 1.807) is 0 Å². The number of pyridine rings is 1. The van der Waals surface area contributed by atoms with Gasteiger partial charge in [0.25, 0.3) is 0 Å². The minimum Gasteiger partial charge on any atom is -0.453 e. The Morgan fingerprint density at radius 3 is 1.84 bits per heavy atom. The molecule has 4 N–H and O–H groups in total. The molecule has 10 nitrogen and oxygen atoms in total. The van der Waals surface area contributed by atoms with Crippen LogP contribution < -0.4 is 10.6 Å². The third kappa shape index (κ3) is 5.40. The molecule has 4 aromatic carbocycles. The molecule has 252 valence electrons. The van der Waals surface area contributed by atoms with Crippen LogP contribution in [0.2, 0.25) is 0 Å². The summed E-state index contributed by atoms with van der Waals surface area (Å²) in [6.45, 7) is 8.38. The van der Waals surface area contributed by atoms with Gasteiger partial charge >= 0.3 is 0 Å². The SMILES string of the molecule is CC1(C)CC(=O)Nc2cc3nc(-c4cc5ccccc5o4)[nH]c3cc21.CC1(C)CC(=O)Nc2cc3nc(-c4cnc5ccccc5c4)[nH]c3cc21. The number of hydrogen-bond acceptors (Lipinski definition) is 6. The van der Waals surface area contributed by atoms with Gasteiger partial charge in [0, 0.05) is 57.6 Å². The predicted molar refractivity (Wildman–Crippen MR) is 201 cm³/mol. The molecule has 0 atom stereocenters. The topological polar surface area (TPSA) is 142 Å². The second kappa shape index (κ2) is 11.1. The van der Waals surface area contributed by atoms with Gasteiger partial charge in [-0.15, -0.1) is 0 Å². The molecule has 4 aromatic heterocycles. The second-order valence-corrected chi connectivity index (χ2v) is 14.8. The third-order valence-corrected chi connectivity index (χ3v) is 9.98. The molecule has 2 aliphatic heterocycles. The Hall–Kier alpha value is -6.29. The second-order valence-electron chi connectivity index (χ2n) is 14.8. The largest absolute Gasteiger partial charge is 0.453 e. The summed E-state index contributed by atoms with van der Waals surface area (Å²) in [6.07, 6.45) is 2.81. The van der Waals surface area contributed by atoms with Gasteiger partial charge < -0.3 is 25.0 Å². The number of H-pyrrole nitrogens is 2. The number of para-hydroxylation sites is 2. The van der Waals surface area contributed by atoms with E-state index in [-0.39, 0.29) is 22.6 Å². The Labute approximate surface area is 292 Å². The summed E-state index contributed by atoms with van der Waals surface area (Å²) >= 11 is 0. The molecule has 0 saturated heterocycles. The van der Waals surface area contributed by atoms with E-state index in [1.807, 2.05) is 72.9 Å². The number of aromatic amines is 2. The Balaban J connectivity index is 0.000000137. The molecule has 51 heavy (non-hydrogen) atoms. The lowest BCUT2D eigenvalue weighted by Gasteiger charge is -2.31. The monoisotopic (exact) mass is 673 g/mol. The maximum Gasteiger partial charge on any atom is 0.225 e. The Morgan fingerprint density at radius 2 is 1.20 bits per heavy atom. The standard InChI is InChI=1S/C21H18N4O.C20H17N3O2/c1-21(2)10-19(26)23-16-9-18-17(8-14(16)21)24-20(25-18)13-7-12-5-3-4-6-15(12)22-11-13;1-20(2)10-18(24)21-13-9-15-14(8-12(13)20)22-19(23-15)17-7-11-5-3-4-6-16(11)25-17/h3-9,11H,10H2,1-2H3,(H,23,26)(H,24,25);3-9H,10H2,1-2H3,(H,21,24)(H,22,23). The summed E-state index contributed by atoms with van der Waals surface area (Å²) in [4.78, 5) is 44.6. The third-order valence-electron chi connectivity index (χ3n) is 9.98. The maximum absolute atomic E-state index is 12.0. The molecule has 10 heteroatoms. The van der Waals surface area contributed by atoms with Gasteiger partial charge in [0.05, 0.1) is 27.6 Å². The first-order valence-electron chi connectivity index (χ1n) is 17.0. The van der Waals surface area contributed by atoms with Crippen LogP contribution in [0.3, 0.4) is 0 Å². The van der Waals surface area contributed by atoms with E-state index in [0.29, 0.717) is 24.4 Å². The fraction of sp³-hybridized carbons (Fsp3) is 0.195. The molecule has 0 saturated carbocycles. The molecule has 2 aliphatic rings. The van der Waals surface area contributed by atoms with Gasteiger partial charge in [0.1, 0.15) is 11.4 Å². The van der Waals surface area contributed by atoms with Crippen molar-refractivity contribution in [3.63, 3.8) is 0 Å². The number of benzene rings is 4. The number of anilines is 2. The summed E-state index contributed by atoms with van der Waals surface area (Å²) in [7, 11) is 0. The van der Waals surface area contributed by atoms with Crippen LogP contribution in [-0.4, -0.2) is 36.7 Å². The molecule has 2 amide bonds. The minimum atomic E-state index is -0.198. The highest BCUT2D eigenvalue weighted by Gasteiger charge is 2.34. The van der Waals surface area contributed by atoms with Crippen molar-refractivity contribution in [2.75, 3.05) is 10.6 Å². The molecule has 0 unspecified atom stereocenters. The first-order chi connectivity index (χ1) is 24.5. The Kier molecular flexibility index (Phi) is 6.70. The van der Waals surface area contributed by atoms with Gasteiger partial charge in [-0.25, -0.2) is 9.97 Å². The van der Waals surface area contributed by atoms with Gasteiger partial charge in [-0.1, -0.05) is 64.1 Å². The van der Waals surface area contributed by atoms with Gasteiger partial charge in [0.15, 0.2) is 11.6 Å². The van der Waals surface area contributed by atoms with Crippen LogP contribution in [0.15, 0.2) is 95.5 Å². The quantitative estimate of drug-likeness (QED) is 0.144.